The Morgan fingerprint density at radius 3 is 2.55 bits per heavy atom. The maximum Gasteiger partial charge on any atom is 0.0547 e. The minimum Gasteiger partial charge on any atom is -0.397 e. The third-order valence-electron chi connectivity index (χ3n) is 1.41. The van der Waals surface area contributed by atoms with Crippen LogP contribution in [0.3, 0.4) is 0 Å². The van der Waals surface area contributed by atoms with Gasteiger partial charge < -0.3 is 11.1 Å². The van der Waals surface area contributed by atoms with E-state index >= 15 is 0 Å². The molecule has 0 fully saturated rings. The van der Waals surface area contributed by atoms with Gasteiger partial charge in [0.25, 0.3) is 0 Å². The molecule has 0 aliphatic heterocycles. The molecule has 0 heterocycles. The van der Waals surface area contributed by atoms with Crippen molar-refractivity contribution in [2.45, 2.75) is 0 Å². The van der Waals surface area contributed by atoms with Crippen LogP contribution in [0.5, 0.6) is 0 Å². The number of rotatable bonds is 2. The molecule has 1 aromatic carbocycles. The zero-order chi connectivity index (χ0) is 8.10. The molecule has 0 saturated carbocycles. The topological polar surface area (TPSA) is 38.0 Å². The van der Waals surface area contributed by atoms with Crippen LogP contribution in [0.4, 0.5) is 0 Å². The first kappa shape index (κ1) is 7.66. The maximum atomic E-state index is 5.70. The van der Waals surface area contributed by atoms with Crippen molar-refractivity contribution in [2.24, 2.45) is 5.73 Å². The minimum absolute atomic E-state index is 0.758. The molecule has 0 unspecified atom stereocenters. The van der Waals surface area contributed by atoms with E-state index in [2.05, 4.69) is 5.32 Å². The molecule has 2 heteroatoms. The van der Waals surface area contributed by atoms with Gasteiger partial charge in [0, 0.05) is 13.2 Å². The highest BCUT2D eigenvalue weighted by atomic mass is 14.8. The Hall–Kier alpha value is -1.44. The van der Waals surface area contributed by atoms with Crippen molar-refractivity contribution in [2.75, 3.05) is 7.05 Å². The average Bonchev–Trinajstić information content (AvgIpc) is 2.07. The van der Waals surface area contributed by atoms with Gasteiger partial charge in [0.2, 0.25) is 0 Å². The zero-order valence-corrected chi connectivity index (χ0v) is 6.54. The highest BCUT2D eigenvalue weighted by Crippen LogP contribution is 2.05. The molecule has 0 amide bonds. The van der Waals surface area contributed by atoms with E-state index in [4.69, 9.17) is 5.73 Å². The summed E-state index contributed by atoms with van der Waals surface area (Å²) in [7, 11) is 1.83. The summed E-state index contributed by atoms with van der Waals surface area (Å²) in [4.78, 5) is 0. The Kier molecular flexibility index (Phi) is 2.55. The molecule has 0 aliphatic rings. The summed E-state index contributed by atoms with van der Waals surface area (Å²) >= 11 is 0. The largest absolute Gasteiger partial charge is 0.397 e. The Morgan fingerprint density at radius 1 is 1.36 bits per heavy atom. The van der Waals surface area contributed by atoms with Crippen LogP contribution in [-0.4, -0.2) is 7.05 Å². The average molecular weight is 148 g/mol. The summed E-state index contributed by atoms with van der Waals surface area (Å²) in [6.45, 7) is 0. The van der Waals surface area contributed by atoms with Crippen LogP contribution in [0.25, 0.3) is 5.70 Å². The van der Waals surface area contributed by atoms with E-state index in [1.54, 1.807) is 6.20 Å². The normalized spacial score (nSPS) is 11.2. The van der Waals surface area contributed by atoms with Crippen LogP contribution in [0.2, 0.25) is 0 Å². The molecular formula is C9H12N2. The summed E-state index contributed by atoms with van der Waals surface area (Å²) in [5.74, 6) is 0. The lowest BCUT2D eigenvalue weighted by atomic mass is 10.2. The minimum atomic E-state index is 0.758. The van der Waals surface area contributed by atoms with Crippen LogP contribution < -0.4 is 11.1 Å². The Morgan fingerprint density at radius 2 is 2.00 bits per heavy atom. The summed E-state index contributed by atoms with van der Waals surface area (Å²) in [5, 5.41) is 2.88. The second-order valence-electron chi connectivity index (χ2n) is 2.25. The van der Waals surface area contributed by atoms with Crippen molar-refractivity contribution in [3.8, 4) is 0 Å². The van der Waals surface area contributed by atoms with E-state index in [0.29, 0.717) is 0 Å². The van der Waals surface area contributed by atoms with Gasteiger partial charge >= 0.3 is 0 Å². The van der Waals surface area contributed by atoms with E-state index in [0.717, 1.165) is 11.3 Å². The maximum absolute atomic E-state index is 5.70. The van der Waals surface area contributed by atoms with Crippen molar-refractivity contribution in [1.29, 1.82) is 0 Å². The molecule has 2 nitrogen and oxygen atoms in total. The highest BCUT2D eigenvalue weighted by Gasteiger charge is 1.91. The molecule has 11 heavy (non-hydrogen) atoms. The smallest absolute Gasteiger partial charge is 0.0547 e. The molecule has 0 atom stereocenters. The van der Waals surface area contributed by atoms with Crippen LogP contribution in [0.15, 0.2) is 36.5 Å². The highest BCUT2D eigenvalue weighted by molar-refractivity contribution is 5.61. The van der Waals surface area contributed by atoms with Gasteiger partial charge in [-0.15, -0.1) is 0 Å². The Labute approximate surface area is 66.7 Å². The van der Waals surface area contributed by atoms with Gasteiger partial charge in [-0.2, -0.15) is 0 Å². The Balaban J connectivity index is 2.85. The van der Waals surface area contributed by atoms with Gasteiger partial charge in [-0.1, -0.05) is 30.3 Å². The van der Waals surface area contributed by atoms with Crippen molar-refractivity contribution >= 4 is 5.70 Å². The number of nitrogens with two attached hydrogens (primary N) is 1. The monoisotopic (exact) mass is 148 g/mol. The fourth-order valence-corrected chi connectivity index (χ4v) is 0.869. The molecule has 0 aromatic heterocycles. The van der Waals surface area contributed by atoms with Gasteiger partial charge in [0.05, 0.1) is 5.70 Å². The summed E-state index contributed by atoms with van der Waals surface area (Å²) in [6.07, 6.45) is 1.77. The van der Waals surface area contributed by atoms with Gasteiger partial charge in [-0.25, -0.2) is 0 Å². The first-order valence-electron chi connectivity index (χ1n) is 3.53. The number of hydrogen-bond acceptors (Lipinski definition) is 2. The quantitative estimate of drug-likeness (QED) is 0.660. The number of hydrogen-bond donors (Lipinski definition) is 2. The van der Waals surface area contributed by atoms with E-state index in [1.165, 1.54) is 0 Å². The zero-order valence-electron chi connectivity index (χ0n) is 6.54. The standard InChI is InChI=1S/C9H12N2/c1-11-7-9(10)8-5-3-2-4-6-8/h2-7,11H,10H2,1H3/b9-7-. The predicted molar refractivity (Wildman–Crippen MR) is 47.7 cm³/mol. The molecule has 1 rings (SSSR count). The number of nitrogens with one attached hydrogen (secondary N) is 1. The Bertz CT molecular complexity index is 239. The molecule has 0 radical (unpaired) electrons. The fourth-order valence-electron chi connectivity index (χ4n) is 0.869. The lowest BCUT2D eigenvalue weighted by Gasteiger charge is -1.99. The van der Waals surface area contributed by atoms with E-state index < -0.39 is 0 Å². The molecule has 0 aliphatic carbocycles. The lowest BCUT2D eigenvalue weighted by Crippen LogP contribution is -2.02. The molecular weight excluding hydrogens is 136 g/mol. The molecule has 0 saturated heterocycles. The molecule has 3 N–H and O–H groups in total. The van der Waals surface area contributed by atoms with Crippen LogP contribution >= 0.6 is 0 Å². The van der Waals surface area contributed by atoms with Crippen molar-refractivity contribution in [3.05, 3.63) is 42.1 Å². The van der Waals surface area contributed by atoms with Gasteiger partial charge in [0.15, 0.2) is 0 Å². The van der Waals surface area contributed by atoms with Crippen LogP contribution in [0.1, 0.15) is 5.56 Å². The van der Waals surface area contributed by atoms with Crippen molar-refractivity contribution < 1.29 is 0 Å². The summed E-state index contributed by atoms with van der Waals surface area (Å²) < 4.78 is 0. The van der Waals surface area contributed by atoms with Gasteiger partial charge in [0.1, 0.15) is 0 Å². The first-order chi connectivity index (χ1) is 5.34. The van der Waals surface area contributed by atoms with E-state index in [1.807, 2.05) is 37.4 Å². The summed E-state index contributed by atoms with van der Waals surface area (Å²) in [5.41, 5.74) is 7.51. The van der Waals surface area contributed by atoms with Crippen LogP contribution in [0, 0.1) is 0 Å². The number of benzene rings is 1. The SMILES string of the molecule is CN/C=C(\N)c1ccccc1. The van der Waals surface area contributed by atoms with Crippen LogP contribution in [-0.2, 0) is 0 Å². The second-order valence-corrected chi connectivity index (χ2v) is 2.25. The van der Waals surface area contributed by atoms with Gasteiger partial charge in [-0.05, 0) is 5.56 Å². The fraction of sp³-hybridized carbons (Fsp3) is 0.111. The van der Waals surface area contributed by atoms with E-state index in [9.17, 15) is 0 Å². The van der Waals surface area contributed by atoms with E-state index in [-0.39, 0.29) is 0 Å². The third-order valence-corrected chi connectivity index (χ3v) is 1.41. The van der Waals surface area contributed by atoms with Crippen molar-refractivity contribution in [1.82, 2.24) is 5.32 Å². The molecule has 58 valence electrons. The molecule has 1 aromatic rings. The summed E-state index contributed by atoms with van der Waals surface area (Å²) in [6, 6.07) is 9.85. The molecule has 0 bridgehead atoms. The lowest BCUT2D eigenvalue weighted by molar-refractivity contribution is 1.10. The third kappa shape index (κ3) is 2.00. The second kappa shape index (κ2) is 3.66. The van der Waals surface area contributed by atoms with Gasteiger partial charge in [-0.3, -0.25) is 0 Å². The van der Waals surface area contributed by atoms with Crippen molar-refractivity contribution in [3.63, 3.8) is 0 Å². The first-order valence-corrected chi connectivity index (χ1v) is 3.53. The predicted octanol–water partition coefficient (Wildman–Crippen LogP) is 1.16. The molecule has 0 spiro atoms.